The Balaban J connectivity index is 1.98. The number of fused-ring (bicyclic) bond motifs is 4. The monoisotopic (exact) mass is 368 g/mol. The van der Waals surface area contributed by atoms with Crippen molar-refractivity contribution in [2.45, 2.75) is 37.6 Å². The highest BCUT2D eigenvalue weighted by molar-refractivity contribution is 5.94. The van der Waals surface area contributed by atoms with Gasteiger partial charge in [-0.2, -0.15) is 0 Å². The van der Waals surface area contributed by atoms with Crippen molar-refractivity contribution in [1.29, 1.82) is 0 Å². The first kappa shape index (κ1) is 17.6. The standard InChI is InChI=1S/C21H24N2O4/c1-25-14-10-15-16-9-13(20(24)27-3)12-22-19(16)23-21(7-5-4-6-8-21)18(15)17(11-14)26-2/h9-12H,4-8H2,1-3H3,(H,22,23). The van der Waals surface area contributed by atoms with Crippen LogP contribution in [0.1, 0.15) is 48.0 Å². The number of nitrogens with zero attached hydrogens (tertiary/aromatic N) is 1. The summed E-state index contributed by atoms with van der Waals surface area (Å²) in [4.78, 5) is 16.6. The second-order valence-corrected chi connectivity index (χ2v) is 7.13. The summed E-state index contributed by atoms with van der Waals surface area (Å²) in [6, 6.07) is 5.77. The predicted molar refractivity (Wildman–Crippen MR) is 103 cm³/mol. The molecule has 2 heterocycles. The number of nitrogens with one attached hydrogen (secondary N) is 1. The number of aromatic nitrogens is 1. The Morgan fingerprint density at radius 3 is 2.48 bits per heavy atom. The number of hydrogen-bond acceptors (Lipinski definition) is 6. The van der Waals surface area contributed by atoms with Crippen molar-refractivity contribution in [2.75, 3.05) is 26.6 Å². The summed E-state index contributed by atoms with van der Waals surface area (Å²) < 4.78 is 16.1. The van der Waals surface area contributed by atoms with Gasteiger partial charge in [0.1, 0.15) is 17.3 Å². The second kappa shape index (κ2) is 6.76. The van der Waals surface area contributed by atoms with E-state index in [4.69, 9.17) is 14.2 Å². The van der Waals surface area contributed by atoms with Crippen molar-refractivity contribution in [1.82, 2.24) is 4.98 Å². The van der Waals surface area contributed by atoms with Crippen LogP contribution in [0, 0.1) is 0 Å². The number of benzene rings is 1. The minimum atomic E-state index is -0.403. The Hall–Kier alpha value is -2.76. The molecule has 1 aliphatic carbocycles. The van der Waals surface area contributed by atoms with E-state index in [0.717, 1.165) is 53.9 Å². The van der Waals surface area contributed by atoms with Crippen molar-refractivity contribution in [3.8, 4) is 22.6 Å². The van der Waals surface area contributed by atoms with Crippen molar-refractivity contribution in [2.24, 2.45) is 0 Å². The summed E-state index contributed by atoms with van der Waals surface area (Å²) in [5.74, 6) is 1.90. The number of pyridine rings is 1. The van der Waals surface area contributed by atoms with Gasteiger partial charge in [-0.15, -0.1) is 0 Å². The molecule has 2 aromatic rings. The third-order valence-corrected chi connectivity index (χ3v) is 5.67. The summed E-state index contributed by atoms with van der Waals surface area (Å²) in [6.07, 6.45) is 7.13. The summed E-state index contributed by atoms with van der Waals surface area (Å²) in [5, 5.41) is 3.68. The Morgan fingerprint density at radius 1 is 1.04 bits per heavy atom. The quantitative estimate of drug-likeness (QED) is 0.821. The van der Waals surface area contributed by atoms with Gasteiger partial charge in [-0.1, -0.05) is 19.3 Å². The molecule has 0 saturated heterocycles. The van der Waals surface area contributed by atoms with Crippen LogP contribution in [0.3, 0.4) is 0 Å². The minimum absolute atomic E-state index is 0.210. The highest BCUT2D eigenvalue weighted by Crippen LogP contribution is 2.53. The molecule has 1 N–H and O–H groups in total. The van der Waals surface area contributed by atoms with Crippen molar-refractivity contribution in [3.63, 3.8) is 0 Å². The third kappa shape index (κ3) is 2.80. The van der Waals surface area contributed by atoms with Gasteiger partial charge in [-0.05, 0) is 30.5 Å². The zero-order valence-corrected chi connectivity index (χ0v) is 15.9. The van der Waals surface area contributed by atoms with E-state index in [9.17, 15) is 4.79 Å². The smallest absolute Gasteiger partial charge is 0.339 e. The number of carbonyl (C=O) groups excluding carboxylic acids is 1. The lowest BCUT2D eigenvalue weighted by molar-refractivity contribution is 0.0600. The lowest BCUT2D eigenvalue weighted by Crippen LogP contribution is -2.41. The van der Waals surface area contributed by atoms with Crippen LogP contribution < -0.4 is 14.8 Å². The first-order valence-corrected chi connectivity index (χ1v) is 9.25. The number of rotatable bonds is 3. The maximum Gasteiger partial charge on any atom is 0.339 e. The fraction of sp³-hybridized carbons (Fsp3) is 0.429. The molecule has 1 spiro atoms. The number of ether oxygens (including phenoxy) is 3. The average molecular weight is 368 g/mol. The Bertz CT molecular complexity index is 888. The molecule has 6 nitrogen and oxygen atoms in total. The van der Waals surface area contributed by atoms with E-state index >= 15 is 0 Å². The molecule has 0 amide bonds. The SMILES string of the molecule is COC(=O)c1cnc2c(c1)-c1cc(OC)cc(OC)c1C1(CCCCC1)N2. The average Bonchev–Trinajstić information content (AvgIpc) is 2.72. The maximum absolute atomic E-state index is 12.0. The molecule has 2 aliphatic rings. The summed E-state index contributed by atoms with van der Waals surface area (Å²) in [6.45, 7) is 0. The summed E-state index contributed by atoms with van der Waals surface area (Å²) >= 11 is 0. The number of hydrogen-bond donors (Lipinski definition) is 1. The molecule has 0 atom stereocenters. The molecular formula is C21H24N2O4. The van der Waals surface area contributed by atoms with Crippen LogP contribution in [0.15, 0.2) is 24.4 Å². The van der Waals surface area contributed by atoms with E-state index in [-0.39, 0.29) is 5.54 Å². The summed E-state index contributed by atoms with van der Waals surface area (Å²) in [5.41, 5.74) is 3.20. The van der Waals surface area contributed by atoms with E-state index < -0.39 is 5.97 Å². The van der Waals surface area contributed by atoms with Crippen molar-refractivity contribution in [3.05, 3.63) is 35.5 Å². The van der Waals surface area contributed by atoms with Gasteiger partial charge in [0.25, 0.3) is 0 Å². The fourth-order valence-corrected chi connectivity index (χ4v) is 4.39. The number of anilines is 1. The summed E-state index contributed by atoms with van der Waals surface area (Å²) in [7, 11) is 4.70. The lowest BCUT2D eigenvalue weighted by atomic mass is 9.71. The Labute approximate surface area is 158 Å². The molecule has 4 rings (SSSR count). The van der Waals surface area contributed by atoms with Crippen LogP contribution in [0.25, 0.3) is 11.1 Å². The molecule has 1 aliphatic heterocycles. The molecule has 0 unspecified atom stereocenters. The van der Waals surface area contributed by atoms with Gasteiger partial charge in [0.2, 0.25) is 0 Å². The van der Waals surface area contributed by atoms with E-state index in [1.165, 1.54) is 13.5 Å². The van der Waals surface area contributed by atoms with Crippen LogP contribution in [0.2, 0.25) is 0 Å². The number of esters is 1. The largest absolute Gasteiger partial charge is 0.497 e. The minimum Gasteiger partial charge on any atom is -0.497 e. The van der Waals surface area contributed by atoms with Crippen molar-refractivity contribution >= 4 is 11.8 Å². The first-order valence-electron chi connectivity index (χ1n) is 9.25. The zero-order valence-electron chi connectivity index (χ0n) is 15.9. The highest BCUT2D eigenvalue weighted by Gasteiger charge is 2.42. The number of methoxy groups -OCH3 is 3. The van der Waals surface area contributed by atoms with Gasteiger partial charge in [0.05, 0.1) is 32.4 Å². The van der Waals surface area contributed by atoms with E-state index in [1.54, 1.807) is 20.4 Å². The topological polar surface area (TPSA) is 69.7 Å². The van der Waals surface area contributed by atoms with Gasteiger partial charge >= 0.3 is 5.97 Å². The van der Waals surface area contributed by atoms with Gasteiger partial charge < -0.3 is 19.5 Å². The van der Waals surface area contributed by atoms with E-state index in [1.807, 2.05) is 18.2 Å². The van der Waals surface area contributed by atoms with Crippen LogP contribution in [0.4, 0.5) is 5.82 Å². The van der Waals surface area contributed by atoms with Crippen LogP contribution >= 0.6 is 0 Å². The fourth-order valence-electron chi connectivity index (χ4n) is 4.39. The molecular weight excluding hydrogens is 344 g/mol. The van der Waals surface area contributed by atoms with E-state index in [0.29, 0.717) is 11.3 Å². The molecule has 0 radical (unpaired) electrons. The molecule has 1 saturated carbocycles. The van der Waals surface area contributed by atoms with Gasteiger partial charge in [0, 0.05) is 23.4 Å². The molecule has 6 heteroatoms. The molecule has 1 aromatic carbocycles. The molecule has 27 heavy (non-hydrogen) atoms. The normalized spacial score (nSPS) is 16.7. The highest BCUT2D eigenvalue weighted by atomic mass is 16.5. The molecule has 1 fully saturated rings. The zero-order chi connectivity index (χ0) is 19.0. The number of carbonyl (C=O) groups is 1. The second-order valence-electron chi connectivity index (χ2n) is 7.13. The van der Waals surface area contributed by atoms with Crippen molar-refractivity contribution < 1.29 is 19.0 Å². The van der Waals surface area contributed by atoms with Crippen LogP contribution in [0.5, 0.6) is 11.5 Å². The molecule has 0 bridgehead atoms. The Kier molecular flexibility index (Phi) is 4.42. The lowest BCUT2D eigenvalue weighted by Gasteiger charge is -2.44. The van der Waals surface area contributed by atoms with Gasteiger partial charge in [-0.25, -0.2) is 9.78 Å². The van der Waals surface area contributed by atoms with Gasteiger partial charge in [0.15, 0.2) is 0 Å². The predicted octanol–water partition coefficient (Wildman–Crippen LogP) is 4.14. The van der Waals surface area contributed by atoms with Gasteiger partial charge in [-0.3, -0.25) is 0 Å². The third-order valence-electron chi connectivity index (χ3n) is 5.67. The van der Waals surface area contributed by atoms with Crippen LogP contribution in [-0.4, -0.2) is 32.3 Å². The Morgan fingerprint density at radius 2 is 1.81 bits per heavy atom. The first-order chi connectivity index (χ1) is 13.1. The van der Waals surface area contributed by atoms with Crippen LogP contribution in [-0.2, 0) is 10.3 Å². The molecule has 1 aromatic heterocycles. The van der Waals surface area contributed by atoms with E-state index in [2.05, 4.69) is 10.3 Å². The molecule has 142 valence electrons. The maximum atomic E-state index is 12.0.